The zero-order valence-electron chi connectivity index (χ0n) is 14.4. The number of hydrogen-bond acceptors (Lipinski definition) is 5. The maximum Gasteiger partial charge on any atom is 0.129 e. The first-order valence-corrected chi connectivity index (χ1v) is 8.34. The predicted octanol–water partition coefficient (Wildman–Crippen LogP) is 3.82. The van der Waals surface area contributed by atoms with Crippen molar-refractivity contribution in [2.75, 3.05) is 0 Å². The van der Waals surface area contributed by atoms with E-state index in [9.17, 15) is 25.2 Å². The van der Waals surface area contributed by atoms with Crippen LogP contribution < -0.4 is 0 Å². The monoisotopic (exact) mass is 344 g/mol. The number of phenols is 4. The Morgan fingerprint density at radius 3 is 2.20 bits per heavy atom. The molecule has 2 aromatic rings. The summed E-state index contributed by atoms with van der Waals surface area (Å²) in [5.74, 6) is -0.697. The quantitative estimate of drug-likeness (QED) is 0.573. The number of hydrogen-bond donors (Lipinski definition) is 4. The lowest BCUT2D eigenvalue weighted by atomic mass is 9.85. The van der Waals surface area contributed by atoms with Gasteiger partial charge in [-0.2, -0.15) is 0 Å². The molecule has 0 aliphatic carbocycles. The van der Waals surface area contributed by atoms with Crippen LogP contribution in [0.2, 0.25) is 0 Å². The van der Waals surface area contributed by atoms with Crippen LogP contribution in [0.5, 0.6) is 23.0 Å². The molecule has 0 heterocycles. The molecule has 0 saturated carbocycles. The molecule has 0 aromatic heterocycles. The Kier molecular flexibility index (Phi) is 5.91. The smallest absolute Gasteiger partial charge is 0.129 e. The van der Waals surface area contributed by atoms with E-state index >= 15 is 0 Å². The van der Waals surface area contributed by atoms with Crippen LogP contribution in [0.3, 0.4) is 0 Å². The molecule has 25 heavy (non-hydrogen) atoms. The van der Waals surface area contributed by atoms with Gasteiger partial charge in [-0.1, -0.05) is 26.0 Å². The largest absolute Gasteiger partial charge is 0.508 e. The molecule has 5 heteroatoms. The van der Waals surface area contributed by atoms with Gasteiger partial charge in [0.1, 0.15) is 29.3 Å². The Balaban J connectivity index is 2.54. The summed E-state index contributed by atoms with van der Waals surface area (Å²) in [4.78, 5) is 11.2. The summed E-state index contributed by atoms with van der Waals surface area (Å²) in [6.45, 7) is 4.09. The Morgan fingerprint density at radius 2 is 1.64 bits per heavy atom. The van der Waals surface area contributed by atoms with E-state index in [1.54, 1.807) is 12.1 Å². The normalized spacial score (nSPS) is 12.3. The zero-order chi connectivity index (χ0) is 18.6. The Hall–Kier alpha value is -2.69. The van der Waals surface area contributed by atoms with Crippen molar-refractivity contribution >= 4 is 6.29 Å². The number of aldehydes is 1. The average molecular weight is 344 g/mol. The molecule has 0 aliphatic heterocycles. The summed E-state index contributed by atoms with van der Waals surface area (Å²) in [6, 6.07) is 7.47. The van der Waals surface area contributed by atoms with Crippen molar-refractivity contribution in [2.45, 2.75) is 39.0 Å². The molecule has 2 aromatic carbocycles. The van der Waals surface area contributed by atoms with Crippen LogP contribution >= 0.6 is 0 Å². The molecule has 0 spiro atoms. The highest BCUT2D eigenvalue weighted by Crippen LogP contribution is 2.45. The maximum absolute atomic E-state index is 11.2. The van der Waals surface area contributed by atoms with Crippen LogP contribution in [0.1, 0.15) is 49.3 Å². The van der Waals surface area contributed by atoms with E-state index in [0.29, 0.717) is 23.5 Å². The summed E-state index contributed by atoms with van der Waals surface area (Å²) in [6.07, 6.45) is 2.01. The van der Waals surface area contributed by atoms with E-state index in [1.807, 2.05) is 13.8 Å². The van der Waals surface area contributed by atoms with Crippen molar-refractivity contribution in [1.82, 2.24) is 0 Å². The standard InChI is InChI=1S/C20H24O5/c1-12(2)3-8-16-17(23)11-18(24)19(20(16)25)15(9-10-21)13-4-6-14(22)7-5-13/h4-7,10-12,15,22-25H,3,8-9H2,1-2H3. The molecular weight excluding hydrogens is 320 g/mol. The van der Waals surface area contributed by atoms with Crippen molar-refractivity contribution in [3.8, 4) is 23.0 Å². The van der Waals surface area contributed by atoms with Gasteiger partial charge in [0.05, 0.1) is 0 Å². The van der Waals surface area contributed by atoms with Gasteiger partial charge in [-0.3, -0.25) is 0 Å². The van der Waals surface area contributed by atoms with E-state index in [1.165, 1.54) is 18.2 Å². The number of carbonyl (C=O) groups excluding carboxylic acids is 1. The van der Waals surface area contributed by atoms with Gasteiger partial charge in [0.25, 0.3) is 0 Å². The summed E-state index contributed by atoms with van der Waals surface area (Å²) in [5.41, 5.74) is 1.27. The number of aromatic hydroxyl groups is 4. The molecule has 0 radical (unpaired) electrons. The van der Waals surface area contributed by atoms with Gasteiger partial charge in [0.2, 0.25) is 0 Å². The second-order valence-corrected chi connectivity index (χ2v) is 6.63. The molecule has 1 unspecified atom stereocenters. The predicted molar refractivity (Wildman–Crippen MR) is 95.2 cm³/mol. The fourth-order valence-corrected chi connectivity index (χ4v) is 2.95. The number of carbonyl (C=O) groups is 1. The third-order valence-electron chi connectivity index (χ3n) is 4.35. The highest BCUT2D eigenvalue weighted by Gasteiger charge is 2.25. The molecule has 0 fully saturated rings. The first-order chi connectivity index (χ1) is 11.8. The molecular formula is C20H24O5. The Morgan fingerprint density at radius 1 is 1.00 bits per heavy atom. The van der Waals surface area contributed by atoms with Crippen molar-refractivity contribution in [3.05, 3.63) is 47.0 Å². The molecule has 0 amide bonds. The molecule has 2 rings (SSSR count). The number of benzene rings is 2. The fraction of sp³-hybridized carbons (Fsp3) is 0.350. The second-order valence-electron chi connectivity index (χ2n) is 6.63. The number of rotatable bonds is 7. The molecule has 1 atom stereocenters. The fourth-order valence-electron chi connectivity index (χ4n) is 2.95. The molecule has 0 bridgehead atoms. The topological polar surface area (TPSA) is 98.0 Å². The minimum atomic E-state index is -0.573. The van der Waals surface area contributed by atoms with Crippen molar-refractivity contribution in [1.29, 1.82) is 0 Å². The minimum Gasteiger partial charge on any atom is -0.508 e. The summed E-state index contributed by atoms with van der Waals surface area (Å²) in [7, 11) is 0. The average Bonchev–Trinajstić information content (AvgIpc) is 2.54. The summed E-state index contributed by atoms with van der Waals surface area (Å²) >= 11 is 0. The van der Waals surface area contributed by atoms with E-state index in [0.717, 1.165) is 12.7 Å². The van der Waals surface area contributed by atoms with Crippen LogP contribution in [0.25, 0.3) is 0 Å². The SMILES string of the molecule is CC(C)CCc1c(O)cc(O)c(C(CC=O)c2ccc(O)cc2)c1O. The van der Waals surface area contributed by atoms with Gasteiger partial charge in [-0.05, 0) is 36.5 Å². The highest BCUT2D eigenvalue weighted by molar-refractivity contribution is 5.62. The number of phenolic OH excluding ortho intramolecular Hbond substituents is 4. The summed E-state index contributed by atoms with van der Waals surface area (Å²) < 4.78 is 0. The molecule has 4 N–H and O–H groups in total. The van der Waals surface area contributed by atoms with E-state index < -0.39 is 5.92 Å². The van der Waals surface area contributed by atoms with E-state index in [-0.39, 0.29) is 35.0 Å². The van der Waals surface area contributed by atoms with Gasteiger partial charge in [0.15, 0.2) is 0 Å². The lowest BCUT2D eigenvalue weighted by Crippen LogP contribution is -2.05. The molecule has 0 aliphatic rings. The van der Waals surface area contributed by atoms with Gasteiger partial charge >= 0.3 is 0 Å². The first kappa shape index (κ1) is 18.6. The van der Waals surface area contributed by atoms with Crippen LogP contribution in [-0.4, -0.2) is 26.7 Å². The van der Waals surface area contributed by atoms with Crippen molar-refractivity contribution in [2.24, 2.45) is 5.92 Å². The Labute approximate surface area is 147 Å². The maximum atomic E-state index is 11.2. The molecule has 0 saturated heterocycles. The van der Waals surface area contributed by atoms with Gasteiger partial charge in [-0.25, -0.2) is 0 Å². The lowest BCUT2D eigenvalue weighted by Gasteiger charge is -2.21. The van der Waals surface area contributed by atoms with Crippen LogP contribution in [0, 0.1) is 5.92 Å². The van der Waals surface area contributed by atoms with Crippen molar-refractivity contribution in [3.63, 3.8) is 0 Å². The van der Waals surface area contributed by atoms with Crippen molar-refractivity contribution < 1.29 is 25.2 Å². The highest BCUT2D eigenvalue weighted by atomic mass is 16.3. The van der Waals surface area contributed by atoms with E-state index in [2.05, 4.69) is 0 Å². The van der Waals surface area contributed by atoms with E-state index in [4.69, 9.17) is 0 Å². The molecule has 134 valence electrons. The first-order valence-electron chi connectivity index (χ1n) is 8.34. The third kappa shape index (κ3) is 4.24. The minimum absolute atomic E-state index is 0.0558. The Bertz CT molecular complexity index is 735. The van der Waals surface area contributed by atoms with Crippen LogP contribution in [0.4, 0.5) is 0 Å². The van der Waals surface area contributed by atoms with Gasteiger partial charge < -0.3 is 25.2 Å². The second kappa shape index (κ2) is 7.92. The van der Waals surface area contributed by atoms with Crippen LogP contribution in [0.15, 0.2) is 30.3 Å². The zero-order valence-corrected chi connectivity index (χ0v) is 14.4. The third-order valence-corrected chi connectivity index (χ3v) is 4.35. The van der Waals surface area contributed by atoms with Crippen LogP contribution in [-0.2, 0) is 11.2 Å². The lowest BCUT2D eigenvalue weighted by molar-refractivity contribution is -0.108. The van der Waals surface area contributed by atoms with Gasteiger partial charge in [-0.15, -0.1) is 0 Å². The summed E-state index contributed by atoms with van der Waals surface area (Å²) in [5, 5.41) is 40.5. The van der Waals surface area contributed by atoms with Gasteiger partial charge in [0, 0.05) is 29.5 Å². The molecule has 5 nitrogen and oxygen atoms in total.